The zero-order valence-corrected chi connectivity index (χ0v) is 10.3. The molecule has 1 rings (SSSR count). The highest BCUT2D eigenvalue weighted by Gasteiger charge is 2.25. The maximum atomic E-state index is 5.35. The summed E-state index contributed by atoms with van der Waals surface area (Å²) in [6, 6.07) is 0.661. The van der Waals surface area contributed by atoms with Gasteiger partial charge in [-0.2, -0.15) is 0 Å². The molecule has 1 fully saturated rings. The Morgan fingerprint density at radius 3 is 2.87 bits per heavy atom. The lowest BCUT2D eigenvalue weighted by Crippen LogP contribution is -2.38. The summed E-state index contributed by atoms with van der Waals surface area (Å²) in [6.45, 7) is 5.64. The predicted octanol–water partition coefficient (Wildman–Crippen LogP) is 3.20. The summed E-state index contributed by atoms with van der Waals surface area (Å²) in [7, 11) is 0. The third kappa shape index (κ3) is 4.26. The van der Waals surface area contributed by atoms with E-state index in [0.717, 1.165) is 31.2 Å². The van der Waals surface area contributed by atoms with Gasteiger partial charge < -0.3 is 5.32 Å². The van der Waals surface area contributed by atoms with E-state index in [2.05, 4.69) is 25.1 Å². The summed E-state index contributed by atoms with van der Waals surface area (Å²) in [5.41, 5.74) is 0. The molecule has 86 valence electrons. The lowest BCUT2D eigenvalue weighted by atomic mass is 9.77. The quantitative estimate of drug-likeness (QED) is 0.683. The van der Waals surface area contributed by atoms with E-state index in [9.17, 15) is 0 Å². The first-order valence-electron chi connectivity index (χ1n) is 6.44. The molecule has 0 amide bonds. The molecule has 0 aromatic rings. The first-order chi connectivity index (χ1) is 7.27. The van der Waals surface area contributed by atoms with Crippen LogP contribution in [0.5, 0.6) is 0 Å². The third-order valence-corrected chi connectivity index (χ3v) is 3.61. The van der Waals surface area contributed by atoms with Crippen molar-refractivity contribution < 1.29 is 0 Å². The van der Waals surface area contributed by atoms with Crippen LogP contribution < -0.4 is 5.32 Å². The van der Waals surface area contributed by atoms with Crippen molar-refractivity contribution in [2.45, 2.75) is 58.4 Å². The first-order valence-corrected chi connectivity index (χ1v) is 6.44. The second-order valence-corrected chi connectivity index (χ2v) is 4.94. The van der Waals surface area contributed by atoms with Gasteiger partial charge in [-0.05, 0) is 37.6 Å². The van der Waals surface area contributed by atoms with Crippen molar-refractivity contribution in [2.75, 3.05) is 6.54 Å². The van der Waals surface area contributed by atoms with E-state index in [-0.39, 0.29) is 0 Å². The Morgan fingerprint density at radius 1 is 1.47 bits per heavy atom. The highest BCUT2D eigenvalue weighted by Crippen LogP contribution is 2.32. The minimum Gasteiger partial charge on any atom is -0.314 e. The van der Waals surface area contributed by atoms with E-state index in [1.165, 1.54) is 25.7 Å². The average Bonchev–Trinajstić information content (AvgIpc) is 2.24. The Kier molecular flexibility index (Phi) is 5.79. The van der Waals surface area contributed by atoms with E-state index >= 15 is 0 Å². The van der Waals surface area contributed by atoms with E-state index in [0.29, 0.717) is 6.04 Å². The maximum Gasteiger partial charge on any atom is 0.0104 e. The zero-order valence-electron chi connectivity index (χ0n) is 10.3. The van der Waals surface area contributed by atoms with Crippen molar-refractivity contribution in [1.82, 2.24) is 5.32 Å². The predicted molar refractivity (Wildman–Crippen MR) is 66.7 cm³/mol. The van der Waals surface area contributed by atoms with Crippen LogP contribution in [0.2, 0.25) is 0 Å². The molecule has 1 aliphatic carbocycles. The fourth-order valence-electron chi connectivity index (χ4n) is 2.85. The minimum absolute atomic E-state index is 0.661. The van der Waals surface area contributed by atoms with Gasteiger partial charge in [-0.15, -0.1) is 12.3 Å². The molecule has 0 heterocycles. The summed E-state index contributed by atoms with van der Waals surface area (Å²) in [6.07, 6.45) is 13.0. The standard InChI is InChI=1S/C14H25N/c1-4-6-10-14(15-5-2)13-9-7-8-12(3)11-13/h1,12-15H,5-11H2,2-3H3. The van der Waals surface area contributed by atoms with Crippen LogP contribution in [0.1, 0.15) is 52.4 Å². The highest BCUT2D eigenvalue weighted by molar-refractivity contribution is 4.88. The topological polar surface area (TPSA) is 12.0 Å². The molecule has 0 aromatic carbocycles. The molecular weight excluding hydrogens is 182 g/mol. The summed E-state index contributed by atoms with van der Waals surface area (Å²) in [4.78, 5) is 0. The van der Waals surface area contributed by atoms with Crippen LogP contribution in [0.4, 0.5) is 0 Å². The Balaban J connectivity index is 2.42. The maximum absolute atomic E-state index is 5.35. The molecule has 0 spiro atoms. The first kappa shape index (κ1) is 12.6. The van der Waals surface area contributed by atoms with Crippen LogP contribution in [0.15, 0.2) is 0 Å². The van der Waals surface area contributed by atoms with Gasteiger partial charge in [-0.1, -0.05) is 26.7 Å². The van der Waals surface area contributed by atoms with Crippen molar-refractivity contribution in [3.8, 4) is 12.3 Å². The zero-order chi connectivity index (χ0) is 11.1. The van der Waals surface area contributed by atoms with Crippen molar-refractivity contribution in [1.29, 1.82) is 0 Å². The van der Waals surface area contributed by atoms with Crippen molar-refractivity contribution >= 4 is 0 Å². The van der Waals surface area contributed by atoms with Crippen LogP contribution in [0, 0.1) is 24.2 Å². The number of rotatable bonds is 5. The summed E-state index contributed by atoms with van der Waals surface area (Å²) in [5.74, 6) is 4.54. The fourth-order valence-corrected chi connectivity index (χ4v) is 2.85. The third-order valence-electron chi connectivity index (χ3n) is 3.61. The molecule has 1 nitrogen and oxygen atoms in total. The summed E-state index contributed by atoms with van der Waals surface area (Å²) >= 11 is 0. The van der Waals surface area contributed by atoms with Crippen molar-refractivity contribution in [2.24, 2.45) is 11.8 Å². The van der Waals surface area contributed by atoms with E-state index in [1.807, 2.05) is 0 Å². The van der Waals surface area contributed by atoms with Gasteiger partial charge in [0.1, 0.15) is 0 Å². The second kappa shape index (κ2) is 6.90. The molecule has 0 bridgehead atoms. The van der Waals surface area contributed by atoms with Crippen molar-refractivity contribution in [3.63, 3.8) is 0 Å². The van der Waals surface area contributed by atoms with Gasteiger partial charge in [0.25, 0.3) is 0 Å². The molecule has 0 aliphatic heterocycles. The summed E-state index contributed by atoms with van der Waals surface area (Å²) in [5, 5.41) is 3.61. The Labute approximate surface area is 95.0 Å². The number of hydrogen-bond donors (Lipinski definition) is 1. The number of terminal acetylenes is 1. The van der Waals surface area contributed by atoms with Crippen LogP contribution >= 0.6 is 0 Å². The van der Waals surface area contributed by atoms with E-state index < -0.39 is 0 Å². The molecule has 0 saturated heterocycles. The van der Waals surface area contributed by atoms with Crippen LogP contribution in [-0.2, 0) is 0 Å². The van der Waals surface area contributed by atoms with Crippen LogP contribution in [0.3, 0.4) is 0 Å². The molecule has 3 unspecified atom stereocenters. The number of hydrogen-bond acceptors (Lipinski definition) is 1. The SMILES string of the molecule is C#CCCC(NCC)C1CCCC(C)C1. The molecule has 15 heavy (non-hydrogen) atoms. The van der Waals surface area contributed by atoms with Gasteiger partial charge in [0, 0.05) is 12.5 Å². The molecule has 1 aliphatic rings. The monoisotopic (exact) mass is 207 g/mol. The lowest BCUT2D eigenvalue weighted by Gasteiger charge is -2.33. The molecule has 0 aromatic heterocycles. The van der Waals surface area contributed by atoms with Gasteiger partial charge in [0.05, 0.1) is 0 Å². The molecule has 1 saturated carbocycles. The lowest BCUT2D eigenvalue weighted by molar-refractivity contribution is 0.217. The van der Waals surface area contributed by atoms with Crippen molar-refractivity contribution in [3.05, 3.63) is 0 Å². The summed E-state index contributed by atoms with van der Waals surface area (Å²) < 4.78 is 0. The van der Waals surface area contributed by atoms with Gasteiger partial charge in [-0.3, -0.25) is 0 Å². The molecular formula is C14H25N. The van der Waals surface area contributed by atoms with E-state index in [1.54, 1.807) is 0 Å². The average molecular weight is 207 g/mol. The van der Waals surface area contributed by atoms with Gasteiger partial charge in [-0.25, -0.2) is 0 Å². The van der Waals surface area contributed by atoms with Gasteiger partial charge >= 0.3 is 0 Å². The molecule has 3 atom stereocenters. The largest absolute Gasteiger partial charge is 0.314 e. The minimum atomic E-state index is 0.661. The Bertz CT molecular complexity index is 204. The molecule has 1 heteroatoms. The molecule has 1 N–H and O–H groups in total. The Morgan fingerprint density at radius 2 is 2.27 bits per heavy atom. The van der Waals surface area contributed by atoms with Crippen LogP contribution in [-0.4, -0.2) is 12.6 Å². The smallest absolute Gasteiger partial charge is 0.0104 e. The highest BCUT2D eigenvalue weighted by atomic mass is 14.9. The van der Waals surface area contributed by atoms with E-state index in [4.69, 9.17) is 6.42 Å². The number of nitrogens with one attached hydrogen (secondary N) is 1. The Hall–Kier alpha value is -0.480. The van der Waals surface area contributed by atoms with Crippen LogP contribution in [0.25, 0.3) is 0 Å². The van der Waals surface area contributed by atoms with Gasteiger partial charge in [0.2, 0.25) is 0 Å². The fraction of sp³-hybridized carbons (Fsp3) is 0.857. The molecule has 0 radical (unpaired) electrons. The normalized spacial score (nSPS) is 28.3. The second-order valence-electron chi connectivity index (χ2n) is 4.94. The van der Waals surface area contributed by atoms with Gasteiger partial charge in [0.15, 0.2) is 0 Å².